The van der Waals surface area contributed by atoms with E-state index in [2.05, 4.69) is 182 Å². The summed E-state index contributed by atoms with van der Waals surface area (Å²) in [6.45, 7) is 0. The minimum atomic E-state index is 0.653. The van der Waals surface area contributed by atoms with Gasteiger partial charge < -0.3 is 4.42 Å². The first-order valence-corrected chi connectivity index (χ1v) is 18.6. The van der Waals surface area contributed by atoms with E-state index in [0.717, 1.165) is 61.1 Å². The van der Waals surface area contributed by atoms with E-state index in [1.54, 1.807) is 0 Å². The summed E-state index contributed by atoms with van der Waals surface area (Å²) in [6.07, 6.45) is 0. The molecule has 0 atom stereocenters. The van der Waals surface area contributed by atoms with Crippen LogP contribution in [0.4, 0.5) is 0 Å². The molecule has 2 aromatic heterocycles. The van der Waals surface area contributed by atoms with Crippen molar-refractivity contribution in [2.24, 2.45) is 0 Å². The highest BCUT2D eigenvalue weighted by Crippen LogP contribution is 2.38. The smallest absolute Gasteiger partial charge is 0.180 e. The second-order valence-corrected chi connectivity index (χ2v) is 13.8. The Labute approximate surface area is 319 Å². The predicted molar refractivity (Wildman–Crippen MR) is 227 cm³/mol. The summed E-state index contributed by atoms with van der Waals surface area (Å²) in [7, 11) is 0. The lowest BCUT2D eigenvalue weighted by atomic mass is 9.92. The molecule has 3 heteroatoms. The zero-order valence-corrected chi connectivity index (χ0v) is 29.9. The van der Waals surface area contributed by atoms with Crippen molar-refractivity contribution in [2.45, 2.75) is 0 Å². The fraction of sp³-hybridized carbons (Fsp3) is 0. The second kappa shape index (κ2) is 13.9. The standard InChI is InChI=1S/C52H34N2O/c1-4-15-35(16-5-1)38-21-13-25-42(30-38)49-51-50(47-27-10-11-28-48(47)55-51)54-52(53-49)43-26-14-23-40(31-43)39-22-12-24-41(29-39)46-33-44(36-17-6-2-7-18-36)32-45(34-46)37-19-8-3-9-20-37/h1-34H. The van der Waals surface area contributed by atoms with Crippen LogP contribution in [-0.2, 0) is 0 Å². The van der Waals surface area contributed by atoms with Gasteiger partial charge in [0.1, 0.15) is 16.8 Å². The third kappa shape index (κ3) is 6.28. The summed E-state index contributed by atoms with van der Waals surface area (Å²) in [4.78, 5) is 10.4. The molecule has 0 saturated carbocycles. The van der Waals surface area contributed by atoms with E-state index in [0.29, 0.717) is 11.4 Å². The van der Waals surface area contributed by atoms with Gasteiger partial charge in [-0.3, -0.25) is 0 Å². The molecule has 3 nitrogen and oxygen atoms in total. The Hall–Kier alpha value is -7.36. The van der Waals surface area contributed by atoms with Crippen molar-refractivity contribution in [3.8, 4) is 78.3 Å². The van der Waals surface area contributed by atoms with Crippen LogP contribution >= 0.6 is 0 Å². The Kier molecular flexibility index (Phi) is 8.16. The lowest BCUT2D eigenvalue weighted by Crippen LogP contribution is -1.94. The Morgan fingerprint density at radius 3 is 1.27 bits per heavy atom. The maximum absolute atomic E-state index is 6.47. The molecule has 0 unspecified atom stereocenters. The van der Waals surface area contributed by atoms with Gasteiger partial charge >= 0.3 is 0 Å². The van der Waals surface area contributed by atoms with Gasteiger partial charge in [0.25, 0.3) is 0 Å². The van der Waals surface area contributed by atoms with Crippen LogP contribution in [0.2, 0.25) is 0 Å². The van der Waals surface area contributed by atoms with Gasteiger partial charge in [0, 0.05) is 16.5 Å². The van der Waals surface area contributed by atoms with Crippen LogP contribution in [0, 0.1) is 0 Å². The molecule has 0 radical (unpaired) electrons. The number of rotatable bonds is 7. The molecule has 55 heavy (non-hydrogen) atoms. The fourth-order valence-corrected chi connectivity index (χ4v) is 7.50. The summed E-state index contributed by atoms with van der Waals surface area (Å²) in [5.74, 6) is 0.653. The van der Waals surface area contributed by atoms with Crippen molar-refractivity contribution in [1.82, 2.24) is 9.97 Å². The first-order chi connectivity index (χ1) is 27.2. The lowest BCUT2D eigenvalue weighted by Gasteiger charge is -2.13. The topological polar surface area (TPSA) is 38.9 Å². The van der Waals surface area contributed by atoms with Gasteiger partial charge in [-0.05, 0) is 104 Å². The molecular weight excluding hydrogens is 669 g/mol. The zero-order valence-electron chi connectivity index (χ0n) is 29.9. The molecule has 0 fully saturated rings. The number of hydrogen-bond donors (Lipinski definition) is 0. The molecule has 10 rings (SSSR count). The molecule has 0 aliphatic heterocycles. The van der Waals surface area contributed by atoms with E-state index >= 15 is 0 Å². The highest BCUT2D eigenvalue weighted by molar-refractivity contribution is 6.07. The number of nitrogens with zero attached hydrogens (tertiary/aromatic N) is 2. The minimum Gasteiger partial charge on any atom is -0.452 e. The number of aromatic nitrogens is 2. The van der Waals surface area contributed by atoms with Crippen LogP contribution in [0.25, 0.3) is 100 Å². The average molecular weight is 703 g/mol. The Morgan fingerprint density at radius 1 is 0.291 bits per heavy atom. The molecule has 0 N–H and O–H groups in total. The zero-order chi connectivity index (χ0) is 36.6. The summed E-state index contributed by atoms with van der Waals surface area (Å²) in [5, 5.41) is 0.970. The normalized spacial score (nSPS) is 11.3. The van der Waals surface area contributed by atoms with E-state index in [4.69, 9.17) is 14.4 Å². The van der Waals surface area contributed by atoms with Gasteiger partial charge in [-0.2, -0.15) is 0 Å². The summed E-state index contributed by atoms with van der Waals surface area (Å²) < 4.78 is 6.47. The van der Waals surface area contributed by atoms with Gasteiger partial charge in [0.05, 0.1) is 0 Å². The third-order valence-corrected chi connectivity index (χ3v) is 10.3. The SMILES string of the molecule is c1ccc(-c2cc(-c3ccccc3)cc(-c3cccc(-c4cccc(-c5nc(-c6cccc(-c7ccccc7)c6)c6oc7ccccc7c6n5)c4)c3)c2)cc1. The lowest BCUT2D eigenvalue weighted by molar-refractivity contribution is 0.667. The molecular formula is C52H34N2O. The predicted octanol–water partition coefficient (Wildman–Crippen LogP) is 14.0. The molecule has 0 aliphatic carbocycles. The van der Waals surface area contributed by atoms with Crippen molar-refractivity contribution < 1.29 is 4.42 Å². The highest BCUT2D eigenvalue weighted by atomic mass is 16.3. The fourth-order valence-electron chi connectivity index (χ4n) is 7.50. The molecule has 0 amide bonds. The summed E-state index contributed by atoms with van der Waals surface area (Å²) >= 11 is 0. The third-order valence-electron chi connectivity index (χ3n) is 10.3. The van der Waals surface area contributed by atoms with E-state index in [-0.39, 0.29) is 0 Å². The summed E-state index contributed by atoms with van der Waals surface area (Å²) in [5.41, 5.74) is 16.5. The molecule has 0 aliphatic rings. The van der Waals surface area contributed by atoms with Gasteiger partial charge in [-0.15, -0.1) is 0 Å². The maximum Gasteiger partial charge on any atom is 0.180 e. The average Bonchev–Trinajstić information content (AvgIpc) is 3.66. The van der Waals surface area contributed by atoms with E-state index < -0.39 is 0 Å². The Bertz CT molecular complexity index is 2910. The van der Waals surface area contributed by atoms with Gasteiger partial charge in [-0.25, -0.2) is 9.97 Å². The van der Waals surface area contributed by atoms with E-state index in [1.165, 1.54) is 27.8 Å². The van der Waals surface area contributed by atoms with Crippen LogP contribution in [0.15, 0.2) is 211 Å². The van der Waals surface area contributed by atoms with Crippen molar-refractivity contribution in [3.05, 3.63) is 206 Å². The number of furan rings is 1. The number of hydrogen-bond acceptors (Lipinski definition) is 3. The Balaban J connectivity index is 1.08. The monoisotopic (exact) mass is 702 g/mol. The van der Waals surface area contributed by atoms with Crippen molar-refractivity contribution in [1.29, 1.82) is 0 Å². The number of para-hydroxylation sites is 1. The largest absolute Gasteiger partial charge is 0.452 e. The van der Waals surface area contributed by atoms with E-state index in [9.17, 15) is 0 Å². The van der Waals surface area contributed by atoms with Crippen LogP contribution in [0.1, 0.15) is 0 Å². The molecule has 0 saturated heterocycles. The van der Waals surface area contributed by atoms with Crippen molar-refractivity contribution in [3.63, 3.8) is 0 Å². The molecule has 10 aromatic rings. The van der Waals surface area contributed by atoms with Gasteiger partial charge in [-0.1, -0.05) is 158 Å². The van der Waals surface area contributed by atoms with Crippen LogP contribution in [0.3, 0.4) is 0 Å². The number of benzene rings is 8. The molecule has 258 valence electrons. The van der Waals surface area contributed by atoms with Crippen LogP contribution in [-0.4, -0.2) is 9.97 Å². The minimum absolute atomic E-state index is 0.653. The van der Waals surface area contributed by atoms with Crippen molar-refractivity contribution >= 4 is 22.1 Å². The van der Waals surface area contributed by atoms with Gasteiger partial charge in [0.2, 0.25) is 0 Å². The van der Waals surface area contributed by atoms with E-state index in [1.807, 2.05) is 24.3 Å². The quantitative estimate of drug-likeness (QED) is 0.166. The van der Waals surface area contributed by atoms with Gasteiger partial charge in [0.15, 0.2) is 11.4 Å². The maximum atomic E-state index is 6.47. The second-order valence-electron chi connectivity index (χ2n) is 13.8. The Morgan fingerprint density at radius 2 is 0.673 bits per heavy atom. The van der Waals surface area contributed by atoms with Crippen molar-refractivity contribution in [2.75, 3.05) is 0 Å². The number of fused-ring (bicyclic) bond motifs is 3. The first-order valence-electron chi connectivity index (χ1n) is 18.6. The molecule has 0 spiro atoms. The molecule has 0 bridgehead atoms. The molecule has 8 aromatic carbocycles. The summed E-state index contributed by atoms with van der Waals surface area (Å²) in [6, 6.07) is 72.4. The van der Waals surface area contributed by atoms with Crippen LogP contribution < -0.4 is 0 Å². The van der Waals surface area contributed by atoms with Crippen LogP contribution in [0.5, 0.6) is 0 Å². The first kappa shape index (κ1) is 32.3. The highest BCUT2D eigenvalue weighted by Gasteiger charge is 2.19. The molecule has 2 heterocycles.